The molecule has 2 aromatic heterocycles. The van der Waals surface area contributed by atoms with Crippen molar-refractivity contribution in [3.8, 4) is 0 Å². The van der Waals surface area contributed by atoms with Gasteiger partial charge in [-0.15, -0.1) is 0 Å². The second kappa shape index (κ2) is 4.00. The maximum atomic E-state index is 4.34. The lowest BCUT2D eigenvalue weighted by molar-refractivity contribution is 0.741. The van der Waals surface area contributed by atoms with Crippen LogP contribution in [0.3, 0.4) is 0 Å². The first-order valence-corrected chi connectivity index (χ1v) is 5.30. The number of hydrogen-bond acceptors (Lipinski definition) is 3. The molecule has 86 valence electrons. The van der Waals surface area contributed by atoms with Gasteiger partial charge < -0.3 is 5.32 Å². The van der Waals surface area contributed by atoms with E-state index in [0.29, 0.717) is 0 Å². The summed E-state index contributed by atoms with van der Waals surface area (Å²) in [5.41, 5.74) is 3.40. The lowest BCUT2D eigenvalue weighted by atomic mass is 10.2. The van der Waals surface area contributed by atoms with Gasteiger partial charge in [0.1, 0.15) is 5.82 Å². The van der Waals surface area contributed by atoms with Crippen LogP contribution in [0.4, 0.5) is 5.82 Å². The molecule has 0 unspecified atom stereocenters. The Morgan fingerprint density at radius 3 is 2.50 bits per heavy atom. The smallest absolute Gasteiger partial charge is 0.148 e. The van der Waals surface area contributed by atoms with E-state index in [4.69, 9.17) is 0 Å². The minimum atomic E-state index is 0.760. The third-order valence-electron chi connectivity index (χ3n) is 2.69. The Balaban J connectivity index is 2.04. The maximum Gasteiger partial charge on any atom is 0.148 e. The van der Waals surface area contributed by atoms with Crippen molar-refractivity contribution in [2.45, 2.75) is 20.4 Å². The molecule has 0 amide bonds. The highest BCUT2D eigenvalue weighted by atomic mass is 15.3. The number of rotatable bonds is 3. The van der Waals surface area contributed by atoms with Crippen LogP contribution >= 0.6 is 0 Å². The van der Waals surface area contributed by atoms with Crippen LogP contribution in [0.2, 0.25) is 0 Å². The van der Waals surface area contributed by atoms with E-state index in [2.05, 4.69) is 15.5 Å². The molecule has 2 aromatic rings. The molecule has 16 heavy (non-hydrogen) atoms. The molecule has 0 aliphatic rings. The van der Waals surface area contributed by atoms with Crippen molar-refractivity contribution in [1.29, 1.82) is 0 Å². The summed E-state index contributed by atoms with van der Waals surface area (Å²) in [5, 5.41) is 11.9. The second-order valence-electron chi connectivity index (χ2n) is 4.06. The van der Waals surface area contributed by atoms with E-state index in [1.165, 1.54) is 5.56 Å². The van der Waals surface area contributed by atoms with E-state index in [1.54, 1.807) is 0 Å². The Hall–Kier alpha value is -1.78. The van der Waals surface area contributed by atoms with Crippen molar-refractivity contribution in [3.63, 3.8) is 0 Å². The molecule has 0 aliphatic carbocycles. The van der Waals surface area contributed by atoms with Crippen LogP contribution in [-0.4, -0.2) is 19.6 Å². The molecule has 0 bridgehead atoms. The maximum absolute atomic E-state index is 4.34. The van der Waals surface area contributed by atoms with E-state index >= 15 is 0 Å². The Morgan fingerprint density at radius 1 is 1.25 bits per heavy atom. The molecule has 2 heterocycles. The number of nitrogens with one attached hydrogen (secondary N) is 1. The second-order valence-corrected chi connectivity index (χ2v) is 4.06. The molecule has 2 rings (SSSR count). The van der Waals surface area contributed by atoms with Gasteiger partial charge in [0.2, 0.25) is 0 Å². The van der Waals surface area contributed by atoms with Gasteiger partial charge in [-0.2, -0.15) is 10.2 Å². The zero-order valence-corrected chi connectivity index (χ0v) is 10.2. The van der Waals surface area contributed by atoms with Gasteiger partial charge in [0.05, 0.1) is 5.69 Å². The molecule has 0 radical (unpaired) electrons. The van der Waals surface area contributed by atoms with E-state index < -0.39 is 0 Å². The highest BCUT2D eigenvalue weighted by molar-refractivity contribution is 5.36. The summed E-state index contributed by atoms with van der Waals surface area (Å²) in [6.45, 7) is 4.81. The number of hydrogen-bond donors (Lipinski definition) is 1. The molecular weight excluding hydrogens is 202 g/mol. The normalized spacial score (nSPS) is 10.8. The zero-order valence-electron chi connectivity index (χ0n) is 10.2. The van der Waals surface area contributed by atoms with Crippen molar-refractivity contribution in [3.05, 3.63) is 29.2 Å². The molecule has 0 aliphatic heterocycles. The summed E-state index contributed by atoms with van der Waals surface area (Å²) in [6.07, 6.45) is 2.03. The molecule has 1 N–H and O–H groups in total. The van der Waals surface area contributed by atoms with Gasteiger partial charge in [-0.3, -0.25) is 9.36 Å². The van der Waals surface area contributed by atoms with Crippen LogP contribution in [0.25, 0.3) is 0 Å². The van der Waals surface area contributed by atoms with Gasteiger partial charge in [0.25, 0.3) is 0 Å². The van der Waals surface area contributed by atoms with Gasteiger partial charge in [-0.25, -0.2) is 0 Å². The van der Waals surface area contributed by atoms with Gasteiger partial charge in [-0.1, -0.05) is 0 Å². The van der Waals surface area contributed by atoms with Crippen molar-refractivity contribution in [2.24, 2.45) is 14.1 Å². The summed E-state index contributed by atoms with van der Waals surface area (Å²) in [4.78, 5) is 0. The molecule has 0 aromatic carbocycles. The molecule has 0 fully saturated rings. The average Bonchev–Trinajstić information content (AvgIpc) is 2.68. The first kappa shape index (κ1) is 10.7. The van der Waals surface area contributed by atoms with Crippen molar-refractivity contribution >= 4 is 5.82 Å². The zero-order chi connectivity index (χ0) is 11.7. The largest absolute Gasteiger partial charge is 0.364 e. The fourth-order valence-electron chi connectivity index (χ4n) is 1.65. The third-order valence-corrected chi connectivity index (χ3v) is 2.69. The van der Waals surface area contributed by atoms with E-state index in [9.17, 15) is 0 Å². The Bertz CT molecular complexity index is 475. The number of nitrogens with zero attached hydrogens (tertiary/aromatic N) is 4. The van der Waals surface area contributed by atoms with Crippen molar-refractivity contribution in [2.75, 3.05) is 5.32 Å². The summed E-state index contributed by atoms with van der Waals surface area (Å²) >= 11 is 0. The molecule has 5 nitrogen and oxygen atoms in total. The third kappa shape index (κ3) is 2.08. The highest BCUT2D eigenvalue weighted by Crippen LogP contribution is 2.10. The number of aromatic nitrogens is 4. The molecule has 0 atom stereocenters. The van der Waals surface area contributed by atoms with Crippen LogP contribution in [0, 0.1) is 13.8 Å². The van der Waals surface area contributed by atoms with Crippen LogP contribution in [0.1, 0.15) is 17.0 Å². The standard InChI is InChI=1S/C11H17N5/c1-8-5-11(14-16(8)4)12-6-10-7-15(3)13-9(10)2/h5,7H,6H2,1-4H3,(H,12,14). The molecule has 5 heteroatoms. The van der Waals surface area contributed by atoms with Crippen LogP contribution < -0.4 is 5.32 Å². The lowest BCUT2D eigenvalue weighted by Crippen LogP contribution is -2.01. The predicted molar refractivity (Wildman–Crippen MR) is 63.2 cm³/mol. The van der Waals surface area contributed by atoms with Crippen LogP contribution in [-0.2, 0) is 20.6 Å². The fraction of sp³-hybridized carbons (Fsp3) is 0.455. The summed E-state index contributed by atoms with van der Waals surface area (Å²) in [5.74, 6) is 0.906. The fourth-order valence-corrected chi connectivity index (χ4v) is 1.65. The molecule has 0 saturated heterocycles. The van der Waals surface area contributed by atoms with Gasteiger partial charge in [0.15, 0.2) is 0 Å². The topological polar surface area (TPSA) is 47.7 Å². The van der Waals surface area contributed by atoms with Crippen molar-refractivity contribution < 1.29 is 0 Å². The molecule has 0 saturated carbocycles. The van der Waals surface area contributed by atoms with E-state index in [-0.39, 0.29) is 0 Å². The van der Waals surface area contributed by atoms with Gasteiger partial charge >= 0.3 is 0 Å². The minimum absolute atomic E-state index is 0.760. The minimum Gasteiger partial charge on any atom is -0.364 e. The molecule has 0 spiro atoms. The Kier molecular flexibility index (Phi) is 2.68. The lowest BCUT2D eigenvalue weighted by Gasteiger charge is -2.00. The van der Waals surface area contributed by atoms with Crippen LogP contribution in [0.15, 0.2) is 12.3 Å². The average molecular weight is 219 g/mol. The summed E-state index contributed by atoms with van der Waals surface area (Å²) in [6, 6.07) is 2.03. The first-order chi connectivity index (χ1) is 7.56. The predicted octanol–water partition coefficient (Wildman–Crippen LogP) is 1.38. The SMILES string of the molecule is Cc1nn(C)cc1CNc1cc(C)n(C)n1. The summed E-state index contributed by atoms with van der Waals surface area (Å²) in [7, 11) is 3.87. The number of anilines is 1. The van der Waals surface area contributed by atoms with Gasteiger partial charge in [0, 0.05) is 44.2 Å². The van der Waals surface area contributed by atoms with Crippen LogP contribution in [0.5, 0.6) is 0 Å². The van der Waals surface area contributed by atoms with E-state index in [0.717, 1.165) is 23.8 Å². The summed E-state index contributed by atoms with van der Waals surface area (Å²) < 4.78 is 3.69. The highest BCUT2D eigenvalue weighted by Gasteiger charge is 2.04. The quantitative estimate of drug-likeness (QED) is 0.848. The van der Waals surface area contributed by atoms with Crippen molar-refractivity contribution in [1.82, 2.24) is 19.6 Å². The van der Waals surface area contributed by atoms with Gasteiger partial charge in [-0.05, 0) is 13.8 Å². The number of aryl methyl sites for hydroxylation is 4. The Morgan fingerprint density at radius 2 is 2.00 bits per heavy atom. The monoisotopic (exact) mass is 219 g/mol. The Labute approximate surface area is 95.1 Å². The van der Waals surface area contributed by atoms with E-state index in [1.807, 2.05) is 49.6 Å². The molecular formula is C11H17N5. The first-order valence-electron chi connectivity index (χ1n) is 5.30.